The van der Waals surface area contributed by atoms with Crippen LogP contribution in [0.25, 0.3) is 16.2 Å². The minimum absolute atomic E-state index is 0.126. The zero-order chi connectivity index (χ0) is 22.3. The van der Waals surface area contributed by atoms with Crippen LogP contribution in [-0.4, -0.2) is 61.1 Å². The van der Waals surface area contributed by atoms with E-state index in [4.69, 9.17) is 15.2 Å². The molecule has 0 aliphatic carbocycles. The quantitative estimate of drug-likeness (QED) is 0.509. The summed E-state index contributed by atoms with van der Waals surface area (Å²) < 4.78 is 12.1. The van der Waals surface area contributed by atoms with E-state index in [1.54, 1.807) is 24.5 Å². The molecule has 0 bridgehead atoms. The highest BCUT2D eigenvalue weighted by Gasteiger charge is 2.12. The molecule has 0 radical (unpaired) electrons. The third-order valence-electron chi connectivity index (χ3n) is 5.02. The summed E-state index contributed by atoms with van der Waals surface area (Å²) >= 11 is 1.28. The minimum Gasteiger partial charge on any atom is -0.455 e. The van der Waals surface area contributed by atoms with E-state index in [1.165, 1.54) is 17.4 Å². The predicted molar refractivity (Wildman–Crippen MR) is 124 cm³/mol. The highest BCUT2D eigenvalue weighted by Crippen LogP contribution is 2.34. The topological polar surface area (TPSA) is 107 Å². The van der Waals surface area contributed by atoms with Gasteiger partial charge in [-0.1, -0.05) is 12.1 Å². The van der Waals surface area contributed by atoms with Crippen molar-refractivity contribution < 1.29 is 19.1 Å². The molecule has 0 atom stereocenters. The number of morpholine rings is 1. The SMILES string of the molecule is NC(=O)c1cc2c(Oc3ccc(C=CC(=O)NCCN4CCOCC4)cc3)cncc2s1. The molecule has 1 aromatic carbocycles. The number of carbonyl (C=O) groups is 2. The molecular weight excluding hydrogens is 428 g/mol. The van der Waals surface area contributed by atoms with Gasteiger partial charge in [-0.05, 0) is 29.8 Å². The number of nitrogens with two attached hydrogens (primary N) is 1. The molecule has 1 aliphatic heterocycles. The van der Waals surface area contributed by atoms with Crippen LogP contribution < -0.4 is 15.8 Å². The summed E-state index contributed by atoms with van der Waals surface area (Å²) in [6, 6.07) is 9.08. The number of carbonyl (C=O) groups excluding carboxylic acids is 2. The van der Waals surface area contributed by atoms with Crippen molar-refractivity contribution in [3.05, 3.63) is 59.2 Å². The van der Waals surface area contributed by atoms with Crippen molar-refractivity contribution in [1.82, 2.24) is 15.2 Å². The van der Waals surface area contributed by atoms with Gasteiger partial charge in [0.15, 0.2) is 5.75 Å². The lowest BCUT2D eigenvalue weighted by Crippen LogP contribution is -2.41. The van der Waals surface area contributed by atoms with Crippen LogP contribution >= 0.6 is 11.3 Å². The number of rotatable bonds is 8. The van der Waals surface area contributed by atoms with Crippen molar-refractivity contribution in [3.8, 4) is 11.5 Å². The largest absolute Gasteiger partial charge is 0.455 e. The number of nitrogens with one attached hydrogen (secondary N) is 1. The number of benzene rings is 1. The number of ether oxygens (including phenoxy) is 2. The van der Waals surface area contributed by atoms with Crippen LogP contribution in [0.4, 0.5) is 0 Å². The van der Waals surface area contributed by atoms with E-state index in [2.05, 4.69) is 15.2 Å². The van der Waals surface area contributed by atoms with Gasteiger partial charge in [0, 0.05) is 43.8 Å². The van der Waals surface area contributed by atoms with Crippen molar-refractivity contribution in [2.24, 2.45) is 5.73 Å². The van der Waals surface area contributed by atoms with Crippen LogP contribution in [0.5, 0.6) is 11.5 Å². The van der Waals surface area contributed by atoms with E-state index < -0.39 is 5.91 Å². The Hall–Kier alpha value is -3.27. The van der Waals surface area contributed by atoms with E-state index in [1.807, 2.05) is 24.3 Å². The first-order chi connectivity index (χ1) is 15.6. The highest BCUT2D eigenvalue weighted by molar-refractivity contribution is 7.20. The fraction of sp³-hybridized carbons (Fsp3) is 0.261. The number of aromatic nitrogens is 1. The van der Waals surface area contributed by atoms with Gasteiger partial charge in [0.2, 0.25) is 5.91 Å². The summed E-state index contributed by atoms with van der Waals surface area (Å²) in [5, 5.41) is 3.69. The Morgan fingerprint density at radius 2 is 2.00 bits per heavy atom. The van der Waals surface area contributed by atoms with Crippen molar-refractivity contribution in [3.63, 3.8) is 0 Å². The molecule has 1 fully saturated rings. The maximum Gasteiger partial charge on any atom is 0.258 e. The molecule has 1 saturated heterocycles. The average molecular weight is 453 g/mol. The van der Waals surface area contributed by atoms with Crippen molar-refractivity contribution in [1.29, 1.82) is 0 Å². The van der Waals surface area contributed by atoms with Gasteiger partial charge in [-0.3, -0.25) is 19.5 Å². The Kier molecular flexibility index (Phi) is 7.10. The third kappa shape index (κ3) is 5.70. The summed E-state index contributed by atoms with van der Waals surface area (Å²) in [5.74, 6) is 0.574. The van der Waals surface area contributed by atoms with Gasteiger partial charge in [-0.15, -0.1) is 11.3 Å². The number of thiophene rings is 1. The smallest absolute Gasteiger partial charge is 0.258 e. The second kappa shape index (κ2) is 10.4. The summed E-state index contributed by atoms with van der Waals surface area (Å²) in [5.41, 5.74) is 6.25. The van der Waals surface area contributed by atoms with Crippen LogP contribution in [0, 0.1) is 0 Å². The molecule has 2 aromatic heterocycles. The van der Waals surface area contributed by atoms with Crippen molar-refractivity contribution in [2.75, 3.05) is 39.4 Å². The average Bonchev–Trinajstić information content (AvgIpc) is 3.25. The molecule has 3 heterocycles. The zero-order valence-corrected chi connectivity index (χ0v) is 18.3. The number of hydrogen-bond acceptors (Lipinski definition) is 7. The van der Waals surface area contributed by atoms with Gasteiger partial charge < -0.3 is 20.5 Å². The van der Waals surface area contributed by atoms with E-state index in [9.17, 15) is 9.59 Å². The maximum absolute atomic E-state index is 12.0. The van der Waals surface area contributed by atoms with Crippen molar-refractivity contribution in [2.45, 2.75) is 0 Å². The normalized spacial score (nSPS) is 14.6. The molecule has 9 heteroatoms. The van der Waals surface area contributed by atoms with Crippen LogP contribution in [-0.2, 0) is 9.53 Å². The Bertz CT molecular complexity index is 1120. The van der Waals surface area contributed by atoms with Crippen LogP contribution in [0.3, 0.4) is 0 Å². The number of nitrogens with zero attached hydrogens (tertiary/aromatic N) is 2. The second-order valence-electron chi connectivity index (χ2n) is 7.27. The predicted octanol–water partition coefficient (Wildman–Crippen LogP) is 2.65. The lowest BCUT2D eigenvalue weighted by atomic mass is 10.2. The standard InChI is InChI=1S/C23H24N4O4S/c24-23(29)20-13-18-19(14-25-15-21(18)32-20)31-17-4-1-16(2-5-17)3-6-22(28)26-7-8-27-9-11-30-12-10-27/h1-6,13-15H,7-12H2,(H2,24,29)(H,26,28). The van der Waals surface area contributed by atoms with Crippen LogP contribution in [0.2, 0.25) is 0 Å². The molecule has 2 amide bonds. The lowest BCUT2D eigenvalue weighted by molar-refractivity contribution is -0.116. The zero-order valence-electron chi connectivity index (χ0n) is 17.5. The van der Waals surface area contributed by atoms with Crippen molar-refractivity contribution >= 4 is 39.3 Å². The van der Waals surface area contributed by atoms with Crippen LogP contribution in [0.15, 0.2) is 48.8 Å². The summed E-state index contributed by atoms with van der Waals surface area (Å²) in [6.07, 6.45) is 6.57. The molecule has 32 heavy (non-hydrogen) atoms. The van der Waals surface area contributed by atoms with Gasteiger partial charge >= 0.3 is 0 Å². The van der Waals surface area contributed by atoms with Gasteiger partial charge in [0.05, 0.1) is 29.0 Å². The fourth-order valence-electron chi connectivity index (χ4n) is 3.31. The summed E-state index contributed by atoms with van der Waals surface area (Å²) in [7, 11) is 0. The van der Waals surface area contributed by atoms with E-state index in [0.29, 0.717) is 22.9 Å². The first-order valence-electron chi connectivity index (χ1n) is 10.3. The minimum atomic E-state index is -0.474. The van der Waals surface area contributed by atoms with Gasteiger partial charge in [0.25, 0.3) is 5.91 Å². The monoisotopic (exact) mass is 452 g/mol. The lowest BCUT2D eigenvalue weighted by Gasteiger charge is -2.26. The molecule has 0 unspecified atom stereocenters. The van der Waals surface area contributed by atoms with Gasteiger partial charge in [-0.25, -0.2) is 0 Å². The van der Waals surface area contributed by atoms with Crippen LogP contribution in [0.1, 0.15) is 15.2 Å². The first-order valence-corrected chi connectivity index (χ1v) is 11.1. The number of amides is 2. The Labute approximate surface area is 189 Å². The molecule has 166 valence electrons. The number of hydrogen-bond donors (Lipinski definition) is 2. The van der Waals surface area contributed by atoms with Gasteiger partial charge in [-0.2, -0.15) is 0 Å². The van der Waals surface area contributed by atoms with Gasteiger partial charge in [0.1, 0.15) is 5.75 Å². The Morgan fingerprint density at radius 3 is 2.75 bits per heavy atom. The van der Waals surface area contributed by atoms with E-state index in [0.717, 1.165) is 48.5 Å². The maximum atomic E-state index is 12.0. The Balaban J connectivity index is 1.31. The molecule has 0 saturated carbocycles. The molecule has 3 aromatic rings. The number of pyridine rings is 1. The van der Waals surface area contributed by atoms with E-state index >= 15 is 0 Å². The number of primary amides is 1. The third-order valence-corrected chi connectivity index (χ3v) is 6.10. The molecule has 3 N–H and O–H groups in total. The fourth-order valence-corrected chi connectivity index (χ4v) is 4.20. The Morgan fingerprint density at radius 1 is 1.22 bits per heavy atom. The molecule has 0 spiro atoms. The number of fused-ring (bicyclic) bond motifs is 1. The molecule has 1 aliphatic rings. The molecular formula is C23H24N4O4S. The summed E-state index contributed by atoms with van der Waals surface area (Å²) in [4.78, 5) is 30.4. The first kappa shape index (κ1) is 21.9. The van der Waals surface area contributed by atoms with E-state index in [-0.39, 0.29) is 5.91 Å². The summed E-state index contributed by atoms with van der Waals surface area (Å²) in [6.45, 7) is 4.74. The highest BCUT2D eigenvalue weighted by atomic mass is 32.1. The second-order valence-corrected chi connectivity index (χ2v) is 8.36. The molecule has 8 nitrogen and oxygen atoms in total. The molecule has 4 rings (SSSR count).